The first-order valence-corrected chi connectivity index (χ1v) is 4.96. The molecule has 0 fully saturated rings. The van der Waals surface area contributed by atoms with Crippen LogP contribution in [-0.4, -0.2) is 9.97 Å². The molecule has 0 atom stereocenters. The molecule has 0 bridgehead atoms. The summed E-state index contributed by atoms with van der Waals surface area (Å²) in [5.74, 6) is 0.887. The van der Waals surface area contributed by atoms with Crippen LogP contribution in [0.1, 0.15) is 11.4 Å². The van der Waals surface area contributed by atoms with Crippen LogP contribution in [0.3, 0.4) is 0 Å². The topological polar surface area (TPSA) is 84.8 Å². The lowest BCUT2D eigenvalue weighted by molar-refractivity contribution is 0.460. The van der Waals surface area contributed by atoms with Crippen molar-refractivity contribution in [1.29, 1.82) is 5.26 Å². The van der Waals surface area contributed by atoms with Crippen molar-refractivity contribution in [2.75, 3.05) is 5.73 Å². The fourth-order valence-corrected chi connectivity index (χ4v) is 1.23. The summed E-state index contributed by atoms with van der Waals surface area (Å²) < 4.78 is 5.45. The minimum Gasteiger partial charge on any atom is -0.437 e. The summed E-state index contributed by atoms with van der Waals surface area (Å²) in [5, 5.41) is 8.78. The zero-order valence-electron chi connectivity index (χ0n) is 9.21. The Hall–Kier alpha value is -2.61. The molecule has 0 amide bonds. The molecule has 0 saturated heterocycles. The largest absolute Gasteiger partial charge is 0.437 e. The molecule has 17 heavy (non-hydrogen) atoms. The van der Waals surface area contributed by atoms with E-state index in [1.165, 1.54) is 0 Å². The van der Waals surface area contributed by atoms with Crippen LogP contribution < -0.4 is 10.5 Å². The molecule has 0 unspecified atom stereocenters. The normalized spacial score (nSPS) is 9.65. The van der Waals surface area contributed by atoms with Crippen molar-refractivity contribution in [3.63, 3.8) is 0 Å². The summed E-state index contributed by atoms with van der Waals surface area (Å²) >= 11 is 0. The second kappa shape index (κ2) is 4.49. The molecule has 84 valence electrons. The van der Waals surface area contributed by atoms with Crippen LogP contribution in [0.15, 0.2) is 30.5 Å². The van der Waals surface area contributed by atoms with E-state index in [1.54, 1.807) is 24.4 Å². The van der Waals surface area contributed by atoms with Crippen LogP contribution in [0.5, 0.6) is 11.6 Å². The smallest absolute Gasteiger partial charge is 0.220 e. The van der Waals surface area contributed by atoms with Crippen LogP contribution in [0, 0.1) is 18.3 Å². The van der Waals surface area contributed by atoms with Crippen molar-refractivity contribution >= 4 is 5.69 Å². The van der Waals surface area contributed by atoms with Crippen molar-refractivity contribution in [1.82, 2.24) is 9.97 Å². The highest BCUT2D eigenvalue weighted by Crippen LogP contribution is 2.20. The Labute approximate surface area is 98.5 Å². The lowest BCUT2D eigenvalue weighted by Crippen LogP contribution is -1.96. The third-order valence-corrected chi connectivity index (χ3v) is 2.11. The quantitative estimate of drug-likeness (QED) is 0.846. The Morgan fingerprint density at radius 3 is 2.76 bits per heavy atom. The van der Waals surface area contributed by atoms with E-state index in [-0.39, 0.29) is 5.69 Å². The van der Waals surface area contributed by atoms with Gasteiger partial charge in [0.2, 0.25) is 5.88 Å². The average molecular weight is 226 g/mol. The molecule has 2 heterocycles. The fourth-order valence-electron chi connectivity index (χ4n) is 1.23. The van der Waals surface area contributed by atoms with Crippen LogP contribution in [0.25, 0.3) is 0 Å². The molecule has 0 radical (unpaired) electrons. The number of nitriles is 1. The Bertz CT molecular complexity index is 572. The molecule has 5 heteroatoms. The van der Waals surface area contributed by atoms with Crippen molar-refractivity contribution in [3.05, 3.63) is 41.9 Å². The number of ether oxygens (including phenoxy) is 1. The number of nitrogen functional groups attached to an aromatic ring is 1. The molecule has 5 nitrogen and oxygen atoms in total. The predicted molar refractivity (Wildman–Crippen MR) is 62.4 cm³/mol. The minimum atomic E-state index is 0.155. The van der Waals surface area contributed by atoms with Gasteiger partial charge in [0.1, 0.15) is 11.8 Å². The lowest BCUT2D eigenvalue weighted by Gasteiger charge is -2.05. The number of aromatic nitrogens is 2. The van der Waals surface area contributed by atoms with Crippen molar-refractivity contribution in [2.45, 2.75) is 6.92 Å². The van der Waals surface area contributed by atoms with E-state index in [0.29, 0.717) is 17.3 Å². The molecule has 0 aromatic carbocycles. The maximum Gasteiger partial charge on any atom is 0.220 e. The Kier molecular flexibility index (Phi) is 2.88. The molecule has 0 aliphatic carbocycles. The number of pyridine rings is 2. The SMILES string of the molecule is Cc1ccc(Oc2ccc(N)c(C#N)n2)cn1. The molecular weight excluding hydrogens is 216 g/mol. The molecule has 2 aromatic rings. The second-order valence-electron chi connectivity index (χ2n) is 3.44. The Morgan fingerprint density at radius 2 is 2.12 bits per heavy atom. The summed E-state index contributed by atoms with van der Waals surface area (Å²) in [4.78, 5) is 8.07. The van der Waals surface area contributed by atoms with Crippen molar-refractivity contribution in [3.8, 4) is 17.7 Å². The van der Waals surface area contributed by atoms with Gasteiger partial charge in [0.15, 0.2) is 5.69 Å². The molecule has 2 aromatic heterocycles. The second-order valence-corrected chi connectivity index (χ2v) is 3.44. The zero-order chi connectivity index (χ0) is 12.3. The van der Waals surface area contributed by atoms with Gasteiger partial charge in [0.05, 0.1) is 11.9 Å². The monoisotopic (exact) mass is 226 g/mol. The van der Waals surface area contributed by atoms with Crippen LogP contribution >= 0.6 is 0 Å². The first-order valence-electron chi connectivity index (χ1n) is 4.96. The maximum atomic E-state index is 8.78. The van der Waals surface area contributed by atoms with E-state index in [9.17, 15) is 0 Å². The number of nitrogens with two attached hydrogens (primary N) is 1. The van der Waals surface area contributed by atoms with Crippen molar-refractivity contribution < 1.29 is 4.74 Å². The van der Waals surface area contributed by atoms with Crippen LogP contribution in [0.2, 0.25) is 0 Å². The number of hydrogen-bond donors (Lipinski definition) is 1. The molecular formula is C12H10N4O. The van der Waals surface area contributed by atoms with Gasteiger partial charge in [-0.2, -0.15) is 5.26 Å². The summed E-state index contributed by atoms with van der Waals surface area (Å²) in [6.07, 6.45) is 1.60. The maximum absolute atomic E-state index is 8.78. The van der Waals surface area contributed by atoms with Gasteiger partial charge in [0.25, 0.3) is 0 Å². The molecule has 0 aliphatic rings. The number of nitrogens with zero attached hydrogens (tertiary/aromatic N) is 3. The van der Waals surface area contributed by atoms with Gasteiger partial charge in [0, 0.05) is 11.8 Å². The van der Waals surface area contributed by atoms with Gasteiger partial charge in [-0.25, -0.2) is 4.98 Å². The predicted octanol–water partition coefficient (Wildman–Crippen LogP) is 2.03. The molecule has 0 saturated carbocycles. The zero-order valence-corrected chi connectivity index (χ0v) is 9.21. The standard InChI is InChI=1S/C12H10N4O/c1-8-2-3-9(7-15-8)17-12-5-4-10(14)11(6-13)16-12/h2-5,7H,14H2,1H3. The molecule has 0 aliphatic heterocycles. The highest BCUT2D eigenvalue weighted by molar-refractivity contribution is 5.51. The summed E-state index contributed by atoms with van der Waals surface area (Å²) in [6, 6.07) is 8.71. The Morgan fingerprint density at radius 1 is 1.29 bits per heavy atom. The fraction of sp³-hybridized carbons (Fsp3) is 0.0833. The van der Waals surface area contributed by atoms with E-state index in [0.717, 1.165) is 5.69 Å². The van der Waals surface area contributed by atoms with Gasteiger partial charge < -0.3 is 10.5 Å². The highest BCUT2D eigenvalue weighted by Gasteiger charge is 2.04. The van der Waals surface area contributed by atoms with Crippen LogP contribution in [-0.2, 0) is 0 Å². The lowest BCUT2D eigenvalue weighted by atomic mass is 10.3. The molecule has 2 rings (SSSR count). The summed E-state index contributed by atoms with van der Waals surface area (Å²) in [7, 11) is 0. The third kappa shape index (κ3) is 2.49. The number of hydrogen-bond acceptors (Lipinski definition) is 5. The van der Waals surface area contributed by atoms with Gasteiger partial charge in [-0.05, 0) is 25.1 Å². The van der Waals surface area contributed by atoms with Gasteiger partial charge in [-0.15, -0.1) is 0 Å². The average Bonchev–Trinajstić information content (AvgIpc) is 2.34. The van der Waals surface area contributed by atoms with Gasteiger partial charge in [-0.1, -0.05) is 0 Å². The van der Waals surface area contributed by atoms with Crippen molar-refractivity contribution in [2.24, 2.45) is 0 Å². The highest BCUT2D eigenvalue weighted by atomic mass is 16.5. The van der Waals surface area contributed by atoms with Crippen LogP contribution in [0.4, 0.5) is 5.69 Å². The van der Waals surface area contributed by atoms with E-state index in [4.69, 9.17) is 15.7 Å². The summed E-state index contributed by atoms with van der Waals surface area (Å²) in [5.41, 5.74) is 6.95. The van der Waals surface area contributed by atoms with E-state index in [2.05, 4.69) is 9.97 Å². The number of anilines is 1. The van der Waals surface area contributed by atoms with E-state index >= 15 is 0 Å². The Balaban J connectivity index is 2.25. The first-order chi connectivity index (χ1) is 8.19. The third-order valence-electron chi connectivity index (χ3n) is 2.11. The minimum absolute atomic E-state index is 0.155. The molecule has 2 N–H and O–H groups in total. The number of rotatable bonds is 2. The number of aryl methyl sites for hydroxylation is 1. The van der Waals surface area contributed by atoms with E-state index < -0.39 is 0 Å². The molecule has 0 spiro atoms. The van der Waals surface area contributed by atoms with Gasteiger partial charge >= 0.3 is 0 Å². The van der Waals surface area contributed by atoms with Gasteiger partial charge in [-0.3, -0.25) is 4.98 Å². The first kappa shape index (κ1) is 10.9. The summed E-state index contributed by atoms with van der Waals surface area (Å²) in [6.45, 7) is 1.89. The van der Waals surface area contributed by atoms with E-state index in [1.807, 2.05) is 19.1 Å².